The smallest absolute Gasteiger partial charge is 0.294 e. The zero-order valence-corrected chi connectivity index (χ0v) is 13.1. The second kappa shape index (κ2) is 4.99. The van der Waals surface area contributed by atoms with E-state index in [4.69, 9.17) is 0 Å². The maximum Gasteiger partial charge on any atom is 0.329 e. The van der Waals surface area contributed by atoms with Crippen LogP contribution in [0.15, 0.2) is 33.3 Å². The Morgan fingerprint density at radius 2 is 2.13 bits per heavy atom. The van der Waals surface area contributed by atoms with Crippen LogP contribution in [0, 0.1) is 0 Å². The van der Waals surface area contributed by atoms with Gasteiger partial charge in [-0.05, 0) is 23.4 Å². The number of pyridine rings is 1. The molecule has 0 spiro atoms. The van der Waals surface area contributed by atoms with Crippen molar-refractivity contribution in [3.8, 4) is 0 Å². The Morgan fingerprint density at radius 3 is 2.87 bits per heavy atom. The van der Waals surface area contributed by atoms with Crippen LogP contribution in [-0.4, -0.2) is 20.3 Å². The van der Waals surface area contributed by atoms with Crippen LogP contribution in [0.3, 0.4) is 0 Å². The molecule has 0 aliphatic heterocycles. The second-order valence-corrected chi connectivity index (χ2v) is 6.69. The summed E-state index contributed by atoms with van der Waals surface area (Å²) in [5.41, 5.74) is 0.520. The fourth-order valence-electron chi connectivity index (χ4n) is 3.20. The average molecular weight is 327 g/mol. The van der Waals surface area contributed by atoms with Crippen LogP contribution in [0.5, 0.6) is 0 Å². The molecule has 0 amide bonds. The van der Waals surface area contributed by atoms with Crippen molar-refractivity contribution >= 4 is 28.2 Å². The second-order valence-electron chi connectivity index (χ2n) is 5.71. The minimum absolute atomic E-state index is 0.00713. The largest absolute Gasteiger partial charge is 0.329 e. The van der Waals surface area contributed by atoms with Gasteiger partial charge in [0.15, 0.2) is 5.78 Å². The van der Waals surface area contributed by atoms with Gasteiger partial charge in [0.05, 0.1) is 5.39 Å². The number of fused-ring (bicyclic) bond motifs is 3. The maximum absolute atomic E-state index is 12.5. The Balaban J connectivity index is 2.01. The zero-order valence-electron chi connectivity index (χ0n) is 12.3. The lowest BCUT2D eigenvalue weighted by Gasteiger charge is -2.23. The third-order valence-electron chi connectivity index (χ3n) is 4.36. The Hall–Kier alpha value is -2.54. The van der Waals surface area contributed by atoms with Crippen LogP contribution in [0.1, 0.15) is 33.1 Å². The Kier molecular flexibility index (Phi) is 3.05. The van der Waals surface area contributed by atoms with Crippen molar-refractivity contribution in [3.05, 3.63) is 60.6 Å². The number of aromatic amines is 1. The van der Waals surface area contributed by atoms with E-state index in [1.807, 2.05) is 17.5 Å². The molecule has 3 heterocycles. The van der Waals surface area contributed by atoms with Gasteiger partial charge in [-0.3, -0.25) is 19.1 Å². The number of aryl methyl sites for hydroxylation is 1. The van der Waals surface area contributed by atoms with E-state index >= 15 is 0 Å². The molecule has 3 aromatic rings. The normalized spacial score (nSPS) is 17.4. The van der Waals surface area contributed by atoms with Crippen LogP contribution in [0.2, 0.25) is 0 Å². The third-order valence-corrected chi connectivity index (χ3v) is 5.40. The van der Waals surface area contributed by atoms with E-state index in [9.17, 15) is 14.4 Å². The van der Waals surface area contributed by atoms with Crippen LogP contribution in [0.4, 0.5) is 0 Å². The first-order valence-electron chi connectivity index (χ1n) is 7.23. The van der Waals surface area contributed by atoms with Gasteiger partial charge in [-0.25, -0.2) is 9.78 Å². The van der Waals surface area contributed by atoms with E-state index in [2.05, 4.69) is 9.97 Å². The summed E-state index contributed by atoms with van der Waals surface area (Å²) in [6, 6.07) is 3.97. The van der Waals surface area contributed by atoms with Gasteiger partial charge >= 0.3 is 5.69 Å². The summed E-state index contributed by atoms with van der Waals surface area (Å²) in [5.74, 6) is 0.0598. The summed E-state index contributed by atoms with van der Waals surface area (Å²) in [4.78, 5) is 44.1. The van der Waals surface area contributed by atoms with Crippen molar-refractivity contribution in [2.24, 2.45) is 7.05 Å². The number of rotatable bonds is 1. The predicted molar refractivity (Wildman–Crippen MR) is 87.3 cm³/mol. The topological polar surface area (TPSA) is 84.8 Å². The number of nitrogens with one attached hydrogen (secondary N) is 1. The molecule has 0 saturated carbocycles. The summed E-state index contributed by atoms with van der Waals surface area (Å²) in [7, 11) is 1.56. The first-order chi connectivity index (χ1) is 11.1. The van der Waals surface area contributed by atoms with E-state index in [0.29, 0.717) is 35.0 Å². The van der Waals surface area contributed by atoms with E-state index in [0.717, 1.165) is 4.88 Å². The van der Waals surface area contributed by atoms with Crippen LogP contribution >= 0.6 is 11.3 Å². The van der Waals surface area contributed by atoms with Gasteiger partial charge in [0.25, 0.3) is 5.56 Å². The average Bonchev–Trinajstić information content (AvgIpc) is 3.06. The highest BCUT2D eigenvalue weighted by Gasteiger charge is 2.30. The quantitative estimate of drug-likeness (QED) is 0.735. The molecule has 23 heavy (non-hydrogen) atoms. The monoisotopic (exact) mass is 327 g/mol. The van der Waals surface area contributed by atoms with E-state index in [1.165, 1.54) is 10.8 Å². The molecule has 1 atom stereocenters. The van der Waals surface area contributed by atoms with Gasteiger partial charge in [0, 0.05) is 36.0 Å². The summed E-state index contributed by atoms with van der Waals surface area (Å²) in [6.07, 6.45) is 2.51. The Labute approximate surface area is 134 Å². The molecule has 1 N–H and O–H groups in total. The molecule has 3 aromatic heterocycles. The number of aromatic nitrogens is 3. The first-order valence-corrected chi connectivity index (χ1v) is 8.11. The lowest BCUT2D eigenvalue weighted by Crippen LogP contribution is -2.31. The number of carbonyl (C=O) groups is 1. The number of nitrogens with zero attached hydrogens (tertiary/aromatic N) is 2. The maximum atomic E-state index is 12.5. The summed E-state index contributed by atoms with van der Waals surface area (Å²) in [5, 5.41) is 2.33. The molecule has 0 saturated heterocycles. The fourth-order valence-corrected chi connectivity index (χ4v) is 4.03. The van der Waals surface area contributed by atoms with E-state index in [-0.39, 0.29) is 11.7 Å². The highest BCUT2D eigenvalue weighted by atomic mass is 32.1. The molecule has 0 bridgehead atoms. The molecule has 0 fully saturated rings. The number of thiophene rings is 1. The van der Waals surface area contributed by atoms with Gasteiger partial charge in [0.2, 0.25) is 0 Å². The van der Waals surface area contributed by atoms with Crippen molar-refractivity contribution in [1.82, 2.24) is 14.5 Å². The van der Waals surface area contributed by atoms with Crippen molar-refractivity contribution in [2.75, 3.05) is 0 Å². The third kappa shape index (κ3) is 2.08. The molecule has 0 aromatic carbocycles. The molecular weight excluding hydrogens is 314 g/mol. The number of Topliss-reactive ketones (excluding diaryl/α,β-unsaturated/α-hetero) is 1. The molecule has 6 nitrogen and oxygen atoms in total. The molecule has 0 unspecified atom stereocenters. The predicted octanol–water partition coefficient (Wildman–Crippen LogP) is 1.60. The zero-order chi connectivity index (χ0) is 16.1. The van der Waals surface area contributed by atoms with Crippen LogP contribution < -0.4 is 11.2 Å². The summed E-state index contributed by atoms with van der Waals surface area (Å²) < 4.78 is 1.30. The number of carbonyl (C=O) groups excluding carboxylic acids is 1. The summed E-state index contributed by atoms with van der Waals surface area (Å²) in [6.45, 7) is 0. The first kappa shape index (κ1) is 14.1. The number of ketones is 1. The van der Waals surface area contributed by atoms with Gasteiger partial charge in [0.1, 0.15) is 5.65 Å². The molecule has 1 aliphatic carbocycles. The molecule has 0 radical (unpaired) electrons. The fraction of sp³-hybridized carbons (Fsp3) is 0.250. The molecule has 1 aliphatic rings. The highest BCUT2D eigenvalue weighted by Crippen LogP contribution is 2.36. The Morgan fingerprint density at radius 1 is 1.30 bits per heavy atom. The lowest BCUT2D eigenvalue weighted by molar-refractivity contribution is 0.0964. The molecule has 7 heteroatoms. The van der Waals surface area contributed by atoms with Crippen molar-refractivity contribution < 1.29 is 4.79 Å². The summed E-state index contributed by atoms with van der Waals surface area (Å²) >= 11 is 1.61. The van der Waals surface area contributed by atoms with Crippen molar-refractivity contribution in [1.29, 1.82) is 0 Å². The minimum atomic E-state index is -0.508. The minimum Gasteiger partial charge on any atom is -0.294 e. The molecule has 4 rings (SSSR count). The Bertz CT molecular complexity index is 1050. The van der Waals surface area contributed by atoms with Gasteiger partial charge in [-0.1, -0.05) is 6.07 Å². The van der Waals surface area contributed by atoms with Crippen molar-refractivity contribution in [2.45, 2.75) is 18.8 Å². The van der Waals surface area contributed by atoms with Gasteiger partial charge < -0.3 is 0 Å². The number of H-pyrrole nitrogens is 1. The SMILES string of the molecule is Cn1c(=O)[nH]c(=O)c2c3c(cnc21)C(=O)C[C@@H](c1cccs1)C3. The standard InChI is InChI=1S/C16H13N3O3S/c1-19-14-13(15(21)18-16(19)22)9-5-8(12-3-2-4-23-12)6-11(20)10(9)7-17-14/h2-4,7-8H,5-6H2,1H3,(H,18,21,22)/t8-/m0/s1. The van der Waals surface area contributed by atoms with Crippen LogP contribution in [-0.2, 0) is 13.5 Å². The van der Waals surface area contributed by atoms with Crippen molar-refractivity contribution in [3.63, 3.8) is 0 Å². The van der Waals surface area contributed by atoms with E-state index < -0.39 is 11.2 Å². The van der Waals surface area contributed by atoms with E-state index in [1.54, 1.807) is 18.4 Å². The number of hydrogen-bond acceptors (Lipinski definition) is 5. The molecule has 116 valence electrons. The molecular formula is C16H13N3O3S. The van der Waals surface area contributed by atoms with Gasteiger partial charge in [-0.15, -0.1) is 11.3 Å². The number of hydrogen-bond donors (Lipinski definition) is 1. The highest BCUT2D eigenvalue weighted by molar-refractivity contribution is 7.10. The van der Waals surface area contributed by atoms with Gasteiger partial charge in [-0.2, -0.15) is 0 Å². The lowest BCUT2D eigenvalue weighted by atomic mass is 9.82. The van der Waals surface area contributed by atoms with Crippen LogP contribution in [0.25, 0.3) is 11.0 Å².